The molecule has 1 unspecified atom stereocenters. The van der Waals surface area contributed by atoms with Crippen LogP contribution in [0.1, 0.15) is 22.2 Å². The van der Waals surface area contributed by atoms with Gasteiger partial charge in [0.25, 0.3) is 5.91 Å². The molecule has 0 saturated carbocycles. The molecule has 2 rings (SSSR count). The third-order valence-electron chi connectivity index (χ3n) is 3.06. The van der Waals surface area contributed by atoms with Crippen LogP contribution in [0.25, 0.3) is 10.1 Å². The standard InChI is InChI=1S/C14H17FN2O2S2/c1-8(5-18)6-20-7-9-12-10(15)3-2-4-11(12)21-13(9)14(19)17-16/h2-4,8,18H,5-7,16H2,1H3,(H,17,19). The van der Waals surface area contributed by atoms with Crippen LogP contribution >= 0.6 is 23.1 Å². The zero-order valence-electron chi connectivity index (χ0n) is 11.6. The highest BCUT2D eigenvalue weighted by Crippen LogP contribution is 2.35. The molecule has 0 aliphatic carbocycles. The van der Waals surface area contributed by atoms with Crippen molar-refractivity contribution < 1.29 is 14.3 Å². The molecule has 0 bridgehead atoms. The predicted octanol–water partition coefficient (Wildman–Crippen LogP) is 2.51. The molecule has 4 N–H and O–H groups in total. The Morgan fingerprint density at radius 2 is 2.33 bits per heavy atom. The molecule has 1 atom stereocenters. The van der Waals surface area contributed by atoms with Crippen LogP contribution in [0.2, 0.25) is 0 Å². The summed E-state index contributed by atoms with van der Waals surface area (Å²) in [7, 11) is 0. The summed E-state index contributed by atoms with van der Waals surface area (Å²) in [6.07, 6.45) is 0. The second-order valence-electron chi connectivity index (χ2n) is 4.80. The molecule has 0 fully saturated rings. The molecule has 0 saturated heterocycles. The number of hydrogen-bond acceptors (Lipinski definition) is 5. The van der Waals surface area contributed by atoms with E-state index in [2.05, 4.69) is 5.43 Å². The van der Waals surface area contributed by atoms with Gasteiger partial charge in [0, 0.05) is 22.4 Å². The first-order valence-electron chi connectivity index (χ1n) is 6.48. The summed E-state index contributed by atoms with van der Waals surface area (Å²) in [5.74, 6) is 5.89. The van der Waals surface area contributed by atoms with E-state index in [-0.39, 0.29) is 18.3 Å². The van der Waals surface area contributed by atoms with Gasteiger partial charge in [-0.3, -0.25) is 10.2 Å². The van der Waals surface area contributed by atoms with Crippen molar-refractivity contribution in [2.75, 3.05) is 12.4 Å². The van der Waals surface area contributed by atoms with Crippen molar-refractivity contribution in [3.63, 3.8) is 0 Å². The largest absolute Gasteiger partial charge is 0.396 e. The number of fused-ring (bicyclic) bond motifs is 1. The number of carbonyl (C=O) groups is 1. The molecule has 1 amide bonds. The molecule has 114 valence electrons. The Bertz CT molecular complexity index is 645. The normalized spacial score (nSPS) is 12.6. The fourth-order valence-corrected chi connectivity index (χ4v) is 4.32. The second kappa shape index (κ2) is 7.22. The zero-order valence-corrected chi connectivity index (χ0v) is 13.2. The highest BCUT2D eigenvalue weighted by molar-refractivity contribution is 7.98. The number of halogens is 1. The lowest BCUT2D eigenvalue weighted by molar-refractivity contribution is 0.0957. The number of rotatable bonds is 6. The van der Waals surface area contributed by atoms with Crippen LogP contribution in [0, 0.1) is 11.7 Å². The van der Waals surface area contributed by atoms with Gasteiger partial charge in [-0.1, -0.05) is 13.0 Å². The van der Waals surface area contributed by atoms with E-state index in [1.807, 2.05) is 6.92 Å². The number of hydrogen-bond donors (Lipinski definition) is 3. The molecule has 7 heteroatoms. The number of benzene rings is 1. The number of thioether (sulfide) groups is 1. The van der Waals surface area contributed by atoms with Gasteiger partial charge in [0.05, 0.1) is 4.88 Å². The topological polar surface area (TPSA) is 75.3 Å². The number of carbonyl (C=O) groups excluding carboxylic acids is 1. The van der Waals surface area contributed by atoms with E-state index in [1.165, 1.54) is 17.4 Å². The molecular weight excluding hydrogens is 311 g/mol. The van der Waals surface area contributed by atoms with E-state index in [0.29, 0.717) is 21.6 Å². The summed E-state index contributed by atoms with van der Waals surface area (Å²) in [6.45, 7) is 2.05. The number of hydrazine groups is 1. The Kier molecular flexibility index (Phi) is 5.58. The lowest BCUT2D eigenvalue weighted by Gasteiger charge is -2.08. The summed E-state index contributed by atoms with van der Waals surface area (Å²) >= 11 is 2.81. The SMILES string of the molecule is CC(CO)CSCc1c(C(=O)NN)sc2cccc(F)c12. The quantitative estimate of drug-likeness (QED) is 0.433. The van der Waals surface area contributed by atoms with Crippen molar-refractivity contribution in [2.24, 2.45) is 11.8 Å². The summed E-state index contributed by atoms with van der Waals surface area (Å²) in [6, 6.07) is 4.81. The number of nitrogens with one attached hydrogen (secondary N) is 1. The highest BCUT2D eigenvalue weighted by atomic mass is 32.2. The van der Waals surface area contributed by atoms with Crippen LogP contribution in [-0.4, -0.2) is 23.4 Å². The van der Waals surface area contributed by atoms with Crippen LogP contribution in [0.4, 0.5) is 4.39 Å². The Hall–Kier alpha value is -1.15. The van der Waals surface area contributed by atoms with E-state index >= 15 is 0 Å². The minimum atomic E-state index is -0.401. The summed E-state index contributed by atoms with van der Waals surface area (Å²) in [4.78, 5) is 12.3. The third-order valence-corrected chi connectivity index (χ3v) is 5.55. The summed E-state index contributed by atoms with van der Waals surface area (Å²) in [5, 5.41) is 9.53. The number of nitrogen functional groups attached to an aromatic ring is 1. The van der Waals surface area contributed by atoms with Crippen LogP contribution in [-0.2, 0) is 5.75 Å². The molecular formula is C14H17FN2O2S2. The van der Waals surface area contributed by atoms with Crippen molar-refractivity contribution in [3.8, 4) is 0 Å². The lowest BCUT2D eigenvalue weighted by atomic mass is 10.1. The molecule has 1 heterocycles. The molecule has 0 radical (unpaired) electrons. The first-order valence-corrected chi connectivity index (χ1v) is 8.45. The summed E-state index contributed by atoms with van der Waals surface area (Å²) < 4.78 is 14.8. The van der Waals surface area contributed by atoms with Gasteiger partial charge < -0.3 is 5.11 Å². The maximum Gasteiger partial charge on any atom is 0.275 e. The van der Waals surface area contributed by atoms with Crippen LogP contribution in [0.15, 0.2) is 18.2 Å². The number of aliphatic hydroxyl groups is 1. The Labute approximate surface area is 130 Å². The predicted molar refractivity (Wildman–Crippen MR) is 85.8 cm³/mol. The van der Waals surface area contributed by atoms with Crippen molar-refractivity contribution in [1.29, 1.82) is 0 Å². The monoisotopic (exact) mass is 328 g/mol. The highest BCUT2D eigenvalue weighted by Gasteiger charge is 2.20. The Morgan fingerprint density at radius 1 is 1.57 bits per heavy atom. The van der Waals surface area contributed by atoms with E-state index in [1.54, 1.807) is 23.9 Å². The van der Waals surface area contributed by atoms with E-state index < -0.39 is 5.91 Å². The maximum atomic E-state index is 14.1. The fraction of sp³-hybridized carbons (Fsp3) is 0.357. The van der Waals surface area contributed by atoms with Crippen LogP contribution < -0.4 is 11.3 Å². The van der Waals surface area contributed by atoms with Gasteiger partial charge in [0.1, 0.15) is 5.82 Å². The van der Waals surface area contributed by atoms with E-state index in [0.717, 1.165) is 10.5 Å². The fourth-order valence-electron chi connectivity index (χ4n) is 1.97. The minimum absolute atomic E-state index is 0.113. The molecule has 21 heavy (non-hydrogen) atoms. The second-order valence-corrected chi connectivity index (χ2v) is 6.88. The first kappa shape index (κ1) is 16.2. The van der Waals surface area contributed by atoms with E-state index in [9.17, 15) is 9.18 Å². The number of amides is 1. The van der Waals surface area contributed by atoms with Crippen molar-refractivity contribution in [1.82, 2.24) is 5.43 Å². The van der Waals surface area contributed by atoms with Crippen LogP contribution in [0.5, 0.6) is 0 Å². The molecule has 1 aromatic carbocycles. The molecule has 0 spiro atoms. The molecule has 4 nitrogen and oxygen atoms in total. The Morgan fingerprint density at radius 3 is 3.00 bits per heavy atom. The van der Waals surface area contributed by atoms with Gasteiger partial charge in [-0.25, -0.2) is 10.2 Å². The number of aliphatic hydroxyl groups excluding tert-OH is 1. The maximum absolute atomic E-state index is 14.1. The first-order chi connectivity index (χ1) is 10.1. The average Bonchev–Trinajstić information content (AvgIpc) is 2.86. The molecule has 0 aliphatic rings. The summed E-state index contributed by atoms with van der Waals surface area (Å²) in [5.41, 5.74) is 2.78. The van der Waals surface area contributed by atoms with Gasteiger partial charge >= 0.3 is 0 Å². The Balaban J connectivity index is 2.35. The van der Waals surface area contributed by atoms with Crippen LogP contribution in [0.3, 0.4) is 0 Å². The van der Waals surface area contributed by atoms with Gasteiger partial charge in [-0.2, -0.15) is 11.8 Å². The van der Waals surface area contributed by atoms with Gasteiger partial charge in [-0.05, 0) is 29.4 Å². The van der Waals surface area contributed by atoms with Crippen molar-refractivity contribution in [3.05, 3.63) is 34.5 Å². The minimum Gasteiger partial charge on any atom is -0.396 e. The number of thiophene rings is 1. The van der Waals surface area contributed by atoms with E-state index in [4.69, 9.17) is 10.9 Å². The van der Waals surface area contributed by atoms with Gasteiger partial charge in [0.2, 0.25) is 0 Å². The third kappa shape index (κ3) is 3.55. The molecule has 2 aromatic rings. The molecule has 0 aliphatic heterocycles. The van der Waals surface area contributed by atoms with Gasteiger partial charge in [0.15, 0.2) is 0 Å². The van der Waals surface area contributed by atoms with Crippen molar-refractivity contribution in [2.45, 2.75) is 12.7 Å². The van der Waals surface area contributed by atoms with Crippen molar-refractivity contribution >= 4 is 39.1 Å². The number of nitrogens with two attached hydrogens (primary N) is 1. The zero-order chi connectivity index (χ0) is 15.4. The smallest absolute Gasteiger partial charge is 0.275 e. The lowest BCUT2D eigenvalue weighted by Crippen LogP contribution is -2.29. The van der Waals surface area contributed by atoms with Gasteiger partial charge in [-0.15, -0.1) is 11.3 Å². The average molecular weight is 328 g/mol. The molecule has 1 aromatic heterocycles.